The summed E-state index contributed by atoms with van der Waals surface area (Å²) in [6.07, 6.45) is 2.80. The minimum absolute atomic E-state index is 0.0196. The summed E-state index contributed by atoms with van der Waals surface area (Å²) in [7, 11) is -3.01. The molecule has 2 aromatic rings. The number of halogens is 1. The van der Waals surface area contributed by atoms with Gasteiger partial charge in [-0.15, -0.1) is 0 Å². The van der Waals surface area contributed by atoms with Crippen LogP contribution in [0, 0.1) is 0 Å². The first-order valence-electron chi connectivity index (χ1n) is 6.18. The monoisotopic (exact) mass is 329 g/mol. The molecule has 3 rings (SSSR count). The Morgan fingerprint density at radius 1 is 1.29 bits per heavy atom. The predicted molar refractivity (Wildman–Crippen MR) is 75.2 cm³/mol. The molecule has 1 unspecified atom stereocenters. The van der Waals surface area contributed by atoms with Gasteiger partial charge in [0, 0.05) is 12.6 Å². The van der Waals surface area contributed by atoms with E-state index in [0.29, 0.717) is 12.5 Å². The average Bonchev–Trinajstić information content (AvgIpc) is 2.90. The van der Waals surface area contributed by atoms with Crippen molar-refractivity contribution in [3.8, 4) is 5.95 Å². The van der Waals surface area contributed by atoms with E-state index in [1.807, 2.05) is 6.92 Å². The van der Waals surface area contributed by atoms with E-state index in [4.69, 9.17) is 11.6 Å². The second kappa shape index (κ2) is 5.19. The summed E-state index contributed by atoms with van der Waals surface area (Å²) < 4.78 is 24.6. The summed E-state index contributed by atoms with van der Waals surface area (Å²) in [6, 6.07) is -0.231. The SMILES string of the molecule is CC1CS(=O)(=O)CCN1c1nc(Cl)nc(-n2cncn2)n1. The van der Waals surface area contributed by atoms with Gasteiger partial charge in [-0.2, -0.15) is 24.7 Å². The highest BCUT2D eigenvalue weighted by Gasteiger charge is 2.30. The lowest BCUT2D eigenvalue weighted by atomic mass is 10.3. The first kappa shape index (κ1) is 14.1. The van der Waals surface area contributed by atoms with Crippen LogP contribution in [0.3, 0.4) is 0 Å². The molecule has 21 heavy (non-hydrogen) atoms. The number of aromatic nitrogens is 6. The Hall–Kier alpha value is -1.81. The van der Waals surface area contributed by atoms with Crippen molar-refractivity contribution in [1.29, 1.82) is 0 Å². The molecule has 0 bridgehead atoms. The van der Waals surface area contributed by atoms with Crippen molar-refractivity contribution in [3.63, 3.8) is 0 Å². The minimum Gasteiger partial charge on any atom is -0.336 e. The van der Waals surface area contributed by atoms with E-state index >= 15 is 0 Å². The van der Waals surface area contributed by atoms with Gasteiger partial charge in [-0.05, 0) is 18.5 Å². The van der Waals surface area contributed by atoms with Crippen LogP contribution in [0.1, 0.15) is 6.92 Å². The second-order valence-corrected chi connectivity index (χ2v) is 7.27. The van der Waals surface area contributed by atoms with Crippen molar-refractivity contribution >= 4 is 27.4 Å². The Morgan fingerprint density at radius 3 is 2.71 bits per heavy atom. The molecule has 0 aliphatic carbocycles. The quantitative estimate of drug-likeness (QED) is 0.741. The second-order valence-electron chi connectivity index (χ2n) is 4.70. The molecule has 3 heterocycles. The Kier molecular flexibility index (Phi) is 3.49. The summed E-state index contributed by atoms with van der Waals surface area (Å²) in [4.78, 5) is 18.0. The van der Waals surface area contributed by atoms with Crippen LogP contribution in [0.15, 0.2) is 12.7 Å². The molecule has 0 amide bonds. The molecule has 1 aliphatic heterocycles. The zero-order valence-corrected chi connectivity index (χ0v) is 12.7. The van der Waals surface area contributed by atoms with Gasteiger partial charge in [0.15, 0.2) is 9.84 Å². The summed E-state index contributed by atoms with van der Waals surface area (Å²) in [5.74, 6) is 0.708. The molecule has 0 radical (unpaired) electrons. The molecule has 1 fully saturated rings. The first-order valence-corrected chi connectivity index (χ1v) is 8.38. The maximum absolute atomic E-state index is 11.6. The van der Waals surface area contributed by atoms with Crippen LogP contribution in [0.2, 0.25) is 5.28 Å². The molecule has 1 atom stereocenters. The highest BCUT2D eigenvalue weighted by atomic mass is 35.5. The zero-order valence-electron chi connectivity index (χ0n) is 11.1. The summed E-state index contributed by atoms with van der Waals surface area (Å²) in [5, 5.41) is 3.96. The lowest BCUT2D eigenvalue weighted by molar-refractivity contribution is 0.564. The maximum Gasteiger partial charge on any atom is 0.258 e. The van der Waals surface area contributed by atoms with Gasteiger partial charge in [0.1, 0.15) is 12.7 Å². The van der Waals surface area contributed by atoms with Crippen LogP contribution in [0.4, 0.5) is 5.95 Å². The predicted octanol–water partition coefficient (Wildman–Crippen LogP) is -0.271. The third kappa shape index (κ3) is 2.95. The molecule has 112 valence electrons. The lowest BCUT2D eigenvalue weighted by Crippen LogP contribution is -2.47. The van der Waals surface area contributed by atoms with Gasteiger partial charge in [-0.3, -0.25) is 0 Å². The highest BCUT2D eigenvalue weighted by molar-refractivity contribution is 7.91. The van der Waals surface area contributed by atoms with Gasteiger partial charge in [0.05, 0.1) is 11.5 Å². The van der Waals surface area contributed by atoms with E-state index in [0.717, 1.165) is 0 Å². The maximum atomic E-state index is 11.6. The summed E-state index contributed by atoms with van der Waals surface area (Å²) >= 11 is 5.92. The zero-order chi connectivity index (χ0) is 15.0. The van der Waals surface area contributed by atoms with E-state index in [1.54, 1.807) is 4.90 Å². The van der Waals surface area contributed by atoms with Crippen molar-refractivity contribution in [2.45, 2.75) is 13.0 Å². The van der Waals surface area contributed by atoms with Gasteiger partial charge < -0.3 is 4.90 Å². The third-order valence-corrected chi connectivity index (χ3v) is 5.10. The van der Waals surface area contributed by atoms with Crippen molar-refractivity contribution in [3.05, 3.63) is 17.9 Å². The third-order valence-electron chi connectivity index (χ3n) is 3.14. The number of rotatable bonds is 2. The molecular formula is C10H12ClN7O2S. The van der Waals surface area contributed by atoms with Crippen LogP contribution in [-0.4, -0.2) is 62.2 Å². The van der Waals surface area contributed by atoms with Crippen molar-refractivity contribution in [1.82, 2.24) is 29.7 Å². The van der Waals surface area contributed by atoms with E-state index in [2.05, 4.69) is 25.0 Å². The highest BCUT2D eigenvalue weighted by Crippen LogP contribution is 2.19. The molecule has 2 aromatic heterocycles. The van der Waals surface area contributed by atoms with Crippen molar-refractivity contribution < 1.29 is 8.42 Å². The number of sulfone groups is 1. The Balaban J connectivity index is 1.96. The fourth-order valence-corrected chi connectivity index (χ4v) is 3.88. The molecule has 9 nitrogen and oxygen atoms in total. The number of anilines is 1. The molecule has 11 heteroatoms. The van der Waals surface area contributed by atoms with Crippen LogP contribution < -0.4 is 4.90 Å². The van der Waals surface area contributed by atoms with Crippen LogP contribution in [-0.2, 0) is 9.84 Å². The van der Waals surface area contributed by atoms with Crippen molar-refractivity contribution in [2.75, 3.05) is 23.0 Å². The van der Waals surface area contributed by atoms with Gasteiger partial charge in [-0.25, -0.2) is 13.4 Å². The first-order chi connectivity index (χ1) is 9.94. The van der Waals surface area contributed by atoms with E-state index in [-0.39, 0.29) is 28.8 Å². The molecule has 0 N–H and O–H groups in total. The van der Waals surface area contributed by atoms with E-state index in [9.17, 15) is 8.42 Å². The number of hydrogen-bond acceptors (Lipinski definition) is 8. The Labute approximate surface area is 125 Å². The normalized spacial score (nSPS) is 21.4. The number of nitrogens with zero attached hydrogens (tertiary/aromatic N) is 7. The molecular weight excluding hydrogens is 318 g/mol. The standard InChI is InChI=1S/C10H12ClN7O2S/c1-7-4-21(19,20)3-2-17(7)9-14-8(11)15-10(16-9)18-6-12-5-13-18/h5-7H,2-4H2,1H3. The average molecular weight is 330 g/mol. The van der Waals surface area contributed by atoms with Crippen LogP contribution >= 0.6 is 11.6 Å². The Morgan fingerprint density at radius 2 is 2.05 bits per heavy atom. The van der Waals surface area contributed by atoms with Crippen LogP contribution in [0.25, 0.3) is 5.95 Å². The molecule has 0 spiro atoms. The molecule has 0 aromatic carbocycles. The fourth-order valence-electron chi connectivity index (χ4n) is 2.17. The van der Waals surface area contributed by atoms with Crippen molar-refractivity contribution in [2.24, 2.45) is 0 Å². The lowest BCUT2D eigenvalue weighted by Gasteiger charge is -2.33. The number of hydrogen-bond donors (Lipinski definition) is 0. The largest absolute Gasteiger partial charge is 0.336 e. The topological polar surface area (TPSA) is 107 Å². The molecule has 1 aliphatic rings. The van der Waals surface area contributed by atoms with Crippen LogP contribution in [0.5, 0.6) is 0 Å². The van der Waals surface area contributed by atoms with Gasteiger partial charge in [0.2, 0.25) is 11.2 Å². The van der Waals surface area contributed by atoms with Gasteiger partial charge in [-0.1, -0.05) is 0 Å². The minimum atomic E-state index is -3.01. The van der Waals surface area contributed by atoms with E-state index in [1.165, 1.54) is 17.3 Å². The summed E-state index contributed by atoms with van der Waals surface area (Å²) in [5.41, 5.74) is 0. The Bertz CT molecular complexity index is 749. The smallest absolute Gasteiger partial charge is 0.258 e. The van der Waals surface area contributed by atoms with Gasteiger partial charge >= 0.3 is 0 Å². The van der Waals surface area contributed by atoms with Gasteiger partial charge in [0.25, 0.3) is 5.95 Å². The molecule has 0 saturated carbocycles. The molecule has 1 saturated heterocycles. The summed E-state index contributed by atoms with van der Waals surface area (Å²) in [6.45, 7) is 2.13. The van der Waals surface area contributed by atoms with E-state index < -0.39 is 9.84 Å². The fraction of sp³-hybridized carbons (Fsp3) is 0.500.